The summed E-state index contributed by atoms with van der Waals surface area (Å²) >= 11 is 0. The number of nitrogens with one attached hydrogen (secondary N) is 1. The van der Waals surface area contributed by atoms with E-state index in [0.717, 1.165) is 22.2 Å². The Morgan fingerprint density at radius 3 is 2.64 bits per heavy atom. The molecule has 0 saturated carbocycles. The number of carbonyl (C=O) groups excluding carboxylic acids is 2. The molecule has 1 aromatic carbocycles. The molecule has 0 aliphatic heterocycles. The third-order valence-electron chi connectivity index (χ3n) is 5.11. The number of benzene rings is 1. The minimum absolute atomic E-state index is 0.164. The van der Waals surface area contributed by atoms with E-state index in [2.05, 4.69) is 24.1 Å². The molecule has 1 atom stereocenters. The second-order valence-electron chi connectivity index (χ2n) is 9.80. The van der Waals surface area contributed by atoms with E-state index in [9.17, 15) is 9.59 Å². The first-order chi connectivity index (χ1) is 15.5. The van der Waals surface area contributed by atoms with Crippen LogP contribution in [0.3, 0.4) is 0 Å². The molecule has 0 aliphatic rings. The van der Waals surface area contributed by atoms with Gasteiger partial charge < -0.3 is 23.9 Å². The van der Waals surface area contributed by atoms with Crippen LogP contribution in [0.2, 0.25) is 0 Å². The number of carbonyl (C=O) groups is 2. The number of ether oxygens (including phenoxy) is 1. The molecule has 2 amide bonds. The predicted octanol–water partition coefficient (Wildman–Crippen LogP) is 4.29. The summed E-state index contributed by atoms with van der Waals surface area (Å²) in [5.74, 6) is 0.0912. The molecule has 0 radical (unpaired) electrons. The average molecular weight is 455 g/mol. The van der Waals surface area contributed by atoms with Crippen LogP contribution in [0.15, 0.2) is 47.5 Å². The zero-order chi connectivity index (χ0) is 24.2. The molecule has 2 aromatic heterocycles. The molecule has 0 bridgehead atoms. The molecular weight excluding hydrogens is 420 g/mol. The van der Waals surface area contributed by atoms with Crippen molar-refractivity contribution in [2.45, 2.75) is 59.2 Å². The van der Waals surface area contributed by atoms with Crippen molar-refractivity contribution in [2.24, 2.45) is 13.0 Å². The van der Waals surface area contributed by atoms with Crippen LogP contribution in [-0.2, 0) is 29.5 Å². The van der Waals surface area contributed by atoms with Gasteiger partial charge >= 0.3 is 6.09 Å². The molecule has 33 heavy (non-hydrogen) atoms. The van der Waals surface area contributed by atoms with Crippen LogP contribution in [0.4, 0.5) is 4.79 Å². The highest BCUT2D eigenvalue weighted by Crippen LogP contribution is 2.19. The SMILES string of the molecule is CC(C)CN(Cc1ccc2occc2c1)C(=O)[C@H](Cc1cncn1C)NC(=O)OC(C)(C)C. The van der Waals surface area contributed by atoms with Crippen LogP contribution >= 0.6 is 0 Å². The molecular formula is C25H34N4O4. The summed E-state index contributed by atoms with van der Waals surface area (Å²) in [5.41, 5.74) is 1.98. The zero-order valence-electron chi connectivity index (χ0n) is 20.3. The Hall–Kier alpha value is -3.29. The molecule has 178 valence electrons. The van der Waals surface area contributed by atoms with E-state index in [1.807, 2.05) is 35.9 Å². The molecule has 2 heterocycles. The Kier molecular flexibility index (Phi) is 7.46. The first kappa shape index (κ1) is 24.4. The lowest BCUT2D eigenvalue weighted by Crippen LogP contribution is -2.51. The Balaban J connectivity index is 1.85. The first-order valence-electron chi connectivity index (χ1n) is 11.2. The molecule has 0 saturated heterocycles. The number of rotatable bonds is 8. The van der Waals surface area contributed by atoms with Gasteiger partial charge in [0.1, 0.15) is 17.2 Å². The molecule has 3 rings (SSSR count). The first-order valence-corrected chi connectivity index (χ1v) is 11.2. The summed E-state index contributed by atoms with van der Waals surface area (Å²) in [6.45, 7) is 10.5. The number of aryl methyl sites for hydroxylation is 1. The topological polar surface area (TPSA) is 89.6 Å². The van der Waals surface area contributed by atoms with Crippen LogP contribution in [0.5, 0.6) is 0 Å². The van der Waals surface area contributed by atoms with E-state index in [-0.39, 0.29) is 11.8 Å². The molecule has 1 N–H and O–H groups in total. The van der Waals surface area contributed by atoms with E-state index in [1.54, 1.807) is 44.5 Å². The van der Waals surface area contributed by atoms with Gasteiger partial charge in [0.25, 0.3) is 0 Å². The summed E-state index contributed by atoms with van der Waals surface area (Å²) in [4.78, 5) is 32.3. The van der Waals surface area contributed by atoms with Crippen molar-refractivity contribution in [1.29, 1.82) is 0 Å². The number of fused-ring (bicyclic) bond motifs is 1. The van der Waals surface area contributed by atoms with Crippen molar-refractivity contribution in [3.05, 3.63) is 54.3 Å². The van der Waals surface area contributed by atoms with Gasteiger partial charge in [-0.3, -0.25) is 4.79 Å². The molecule has 0 spiro atoms. The smallest absolute Gasteiger partial charge is 0.408 e. The average Bonchev–Trinajstić information content (AvgIpc) is 3.33. The summed E-state index contributed by atoms with van der Waals surface area (Å²) < 4.78 is 12.7. The second kappa shape index (κ2) is 10.1. The van der Waals surface area contributed by atoms with Crippen molar-refractivity contribution < 1.29 is 18.7 Å². The van der Waals surface area contributed by atoms with Gasteiger partial charge in [0.15, 0.2) is 0 Å². The predicted molar refractivity (Wildman–Crippen MR) is 127 cm³/mol. The largest absolute Gasteiger partial charge is 0.464 e. The zero-order valence-corrected chi connectivity index (χ0v) is 20.3. The minimum Gasteiger partial charge on any atom is -0.464 e. The summed E-state index contributed by atoms with van der Waals surface area (Å²) in [5, 5.41) is 3.78. The van der Waals surface area contributed by atoms with E-state index in [1.165, 1.54) is 0 Å². The van der Waals surface area contributed by atoms with Crippen molar-refractivity contribution in [3.8, 4) is 0 Å². The second-order valence-corrected chi connectivity index (χ2v) is 9.80. The molecule has 0 unspecified atom stereocenters. The Morgan fingerprint density at radius 1 is 1.24 bits per heavy atom. The van der Waals surface area contributed by atoms with Gasteiger partial charge in [-0.25, -0.2) is 9.78 Å². The van der Waals surface area contributed by atoms with Gasteiger partial charge in [-0.15, -0.1) is 0 Å². The monoisotopic (exact) mass is 454 g/mol. The number of amides is 2. The van der Waals surface area contributed by atoms with Crippen LogP contribution in [0.25, 0.3) is 11.0 Å². The number of alkyl carbamates (subject to hydrolysis) is 1. The lowest BCUT2D eigenvalue weighted by atomic mass is 10.1. The third kappa shape index (κ3) is 6.84. The molecule has 3 aromatic rings. The molecule has 0 aliphatic carbocycles. The van der Waals surface area contributed by atoms with Gasteiger partial charge in [0, 0.05) is 43.8 Å². The van der Waals surface area contributed by atoms with Crippen LogP contribution in [-0.4, -0.2) is 44.6 Å². The number of hydrogen-bond donors (Lipinski definition) is 1. The third-order valence-corrected chi connectivity index (χ3v) is 5.11. The van der Waals surface area contributed by atoms with Crippen LogP contribution in [0, 0.1) is 5.92 Å². The maximum Gasteiger partial charge on any atom is 0.408 e. The highest BCUT2D eigenvalue weighted by Gasteiger charge is 2.29. The highest BCUT2D eigenvalue weighted by atomic mass is 16.6. The van der Waals surface area contributed by atoms with E-state index >= 15 is 0 Å². The molecule has 8 nitrogen and oxygen atoms in total. The van der Waals surface area contributed by atoms with Crippen molar-refractivity contribution in [2.75, 3.05) is 6.54 Å². The Bertz CT molecular complexity index is 1090. The standard InChI is InChI=1S/C25H34N4O4/c1-17(2)14-29(15-18-7-8-22-19(11-18)9-10-32-22)23(30)21(12-20-13-26-16-28(20)6)27-24(31)33-25(3,4)5/h7-11,13,16-17,21H,12,14-15H2,1-6H3,(H,27,31)/t21-/m0/s1. The fourth-order valence-corrected chi connectivity index (χ4v) is 3.67. The summed E-state index contributed by atoms with van der Waals surface area (Å²) in [6, 6.07) is 7.02. The maximum absolute atomic E-state index is 13.7. The van der Waals surface area contributed by atoms with Gasteiger partial charge in [-0.2, -0.15) is 0 Å². The van der Waals surface area contributed by atoms with Crippen molar-refractivity contribution >= 4 is 23.0 Å². The lowest BCUT2D eigenvalue weighted by Gasteiger charge is -2.30. The summed E-state index contributed by atoms with van der Waals surface area (Å²) in [7, 11) is 1.86. The Labute approximate surface area is 194 Å². The number of nitrogens with zero attached hydrogens (tertiary/aromatic N) is 3. The number of aromatic nitrogens is 2. The van der Waals surface area contributed by atoms with Gasteiger partial charge in [-0.05, 0) is 50.5 Å². The molecule has 0 fully saturated rings. The van der Waals surface area contributed by atoms with Crippen LogP contribution in [0.1, 0.15) is 45.9 Å². The fraction of sp³-hybridized carbons (Fsp3) is 0.480. The Morgan fingerprint density at radius 2 is 2.00 bits per heavy atom. The number of imidazole rings is 1. The van der Waals surface area contributed by atoms with Gasteiger partial charge in [0.2, 0.25) is 5.91 Å². The maximum atomic E-state index is 13.7. The lowest BCUT2D eigenvalue weighted by molar-refractivity contribution is -0.134. The quantitative estimate of drug-likeness (QED) is 0.549. The highest BCUT2D eigenvalue weighted by molar-refractivity contribution is 5.86. The van der Waals surface area contributed by atoms with E-state index in [4.69, 9.17) is 9.15 Å². The minimum atomic E-state index is -0.786. The normalized spacial score (nSPS) is 12.7. The van der Waals surface area contributed by atoms with Crippen LogP contribution < -0.4 is 5.32 Å². The van der Waals surface area contributed by atoms with Gasteiger partial charge in [0.05, 0.1) is 12.6 Å². The number of hydrogen-bond acceptors (Lipinski definition) is 5. The fourth-order valence-electron chi connectivity index (χ4n) is 3.67. The van der Waals surface area contributed by atoms with Crippen molar-refractivity contribution in [1.82, 2.24) is 19.8 Å². The van der Waals surface area contributed by atoms with Crippen molar-refractivity contribution in [3.63, 3.8) is 0 Å². The van der Waals surface area contributed by atoms with E-state index in [0.29, 0.717) is 19.5 Å². The summed E-state index contributed by atoms with van der Waals surface area (Å²) in [6.07, 6.45) is 4.73. The van der Waals surface area contributed by atoms with Gasteiger partial charge in [-0.1, -0.05) is 19.9 Å². The number of furan rings is 1. The van der Waals surface area contributed by atoms with E-state index < -0.39 is 17.7 Å². The molecule has 8 heteroatoms.